The average molecular weight is 323 g/mol. The van der Waals surface area contributed by atoms with E-state index in [-0.39, 0.29) is 0 Å². The summed E-state index contributed by atoms with van der Waals surface area (Å²) >= 11 is 9.19. The van der Waals surface area contributed by atoms with Crippen LogP contribution in [0.5, 0.6) is 11.5 Å². The molecule has 2 rings (SSSR count). The molecule has 0 saturated carbocycles. The largest absolute Gasteiger partial charge is 0.456 e. The minimum Gasteiger partial charge on any atom is -0.456 e. The van der Waals surface area contributed by atoms with Crippen molar-refractivity contribution in [2.45, 2.75) is 5.88 Å². The smallest absolute Gasteiger partial charge is 0.141 e. The fraction of sp³-hybridized carbons (Fsp3) is 0.0714. The molecule has 0 unspecified atom stereocenters. The van der Waals surface area contributed by atoms with Crippen LogP contribution in [0.15, 0.2) is 46.9 Å². The first-order valence-corrected chi connectivity index (χ1v) is 6.58. The molecular formula is C14H9BrClNO. The lowest BCUT2D eigenvalue weighted by Crippen LogP contribution is -1.87. The molecule has 0 aliphatic carbocycles. The van der Waals surface area contributed by atoms with Gasteiger partial charge in [-0.25, -0.2) is 0 Å². The van der Waals surface area contributed by atoms with Gasteiger partial charge >= 0.3 is 0 Å². The van der Waals surface area contributed by atoms with Crippen LogP contribution in [0.2, 0.25) is 0 Å². The maximum Gasteiger partial charge on any atom is 0.141 e. The molecule has 0 bridgehead atoms. The molecule has 2 aromatic carbocycles. The highest BCUT2D eigenvalue weighted by Crippen LogP contribution is 2.31. The molecule has 18 heavy (non-hydrogen) atoms. The summed E-state index contributed by atoms with van der Waals surface area (Å²) < 4.78 is 6.55. The van der Waals surface area contributed by atoms with Crippen LogP contribution in [-0.2, 0) is 5.88 Å². The van der Waals surface area contributed by atoms with Gasteiger partial charge in [-0.3, -0.25) is 0 Å². The summed E-state index contributed by atoms with van der Waals surface area (Å²) in [7, 11) is 0. The standard InChI is InChI=1S/C14H9BrClNO/c15-13-7-10(8-16)4-5-14(13)18-12-3-1-2-11(6-12)9-17/h1-7H,8H2. The van der Waals surface area contributed by atoms with E-state index in [1.807, 2.05) is 24.3 Å². The van der Waals surface area contributed by atoms with Crippen molar-refractivity contribution < 1.29 is 4.74 Å². The zero-order valence-corrected chi connectivity index (χ0v) is 11.7. The van der Waals surface area contributed by atoms with Gasteiger partial charge < -0.3 is 4.74 Å². The van der Waals surface area contributed by atoms with Gasteiger partial charge in [-0.1, -0.05) is 12.1 Å². The van der Waals surface area contributed by atoms with Gasteiger partial charge in [0.25, 0.3) is 0 Å². The van der Waals surface area contributed by atoms with Crippen molar-refractivity contribution in [1.29, 1.82) is 5.26 Å². The summed E-state index contributed by atoms with van der Waals surface area (Å²) in [5.41, 5.74) is 1.59. The minimum atomic E-state index is 0.461. The molecule has 0 fully saturated rings. The number of nitrogens with zero attached hydrogens (tertiary/aromatic N) is 1. The molecule has 0 aliphatic heterocycles. The molecule has 2 aromatic rings. The Morgan fingerprint density at radius 3 is 2.72 bits per heavy atom. The van der Waals surface area contributed by atoms with E-state index in [1.54, 1.807) is 18.2 Å². The van der Waals surface area contributed by atoms with E-state index in [2.05, 4.69) is 22.0 Å². The van der Waals surface area contributed by atoms with Gasteiger partial charge in [-0.2, -0.15) is 5.26 Å². The first-order chi connectivity index (χ1) is 8.72. The molecule has 0 saturated heterocycles. The summed E-state index contributed by atoms with van der Waals surface area (Å²) in [5.74, 6) is 1.79. The molecule has 0 heterocycles. The summed E-state index contributed by atoms with van der Waals surface area (Å²) in [6.45, 7) is 0. The second kappa shape index (κ2) is 5.90. The maximum atomic E-state index is 8.82. The van der Waals surface area contributed by atoms with E-state index < -0.39 is 0 Å². The van der Waals surface area contributed by atoms with Crippen LogP contribution in [0.25, 0.3) is 0 Å². The van der Waals surface area contributed by atoms with Crippen molar-refractivity contribution in [2.24, 2.45) is 0 Å². The van der Waals surface area contributed by atoms with Gasteiger partial charge in [-0.05, 0) is 51.8 Å². The summed E-state index contributed by atoms with van der Waals surface area (Å²) in [6.07, 6.45) is 0. The maximum absolute atomic E-state index is 8.82. The van der Waals surface area contributed by atoms with Gasteiger partial charge in [-0.15, -0.1) is 11.6 Å². The Bertz CT molecular complexity index is 607. The SMILES string of the molecule is N#Cc1cccc(Oc2ccc(CCl)cc2Br)c1. The monoisotopic (exact) mass is 321 g/mol. The second-order valence-electron chi connectivity index (χ2n) is 3.64. The van der Waals surface area contributed by atoms with E-state index in [0.29, 0.717) is 22.9 Å². The summed E-state index contributed by atoms with van der Waals surface area (Å²) in [6, 6.07) is 14.8. The molecule has 0 N–H and O–H groups in total. The van der Waals surface area contributed by atoms with Crippen molar-refractivity contribution >= 4 is 27.5 Å². The van der Waals surface area contributed by atoms with Crippen LogP contribution in [0, 0.1) is 11.3 Å². The number of halogens is 2. The minimum absolute atomic E-state index is 0.461. The molecule has 0 aromatic heterocycles. The van der Waals surface area contributed by atoms with Gasteiger partial charge in [0, 0.05) is 5.88 Å². The normalized spacial score (nSPS) is 9.83. The van der Waals surface area contributed by atoms with E-state index in [9.17, 15) is 0 Å². The third-order valence-electron chi connectivity index (χ3n) is 2.34. The number of alkyl halides is 1. The third-order valence-corrected chi connectivity index (χ3v) is 3.27. The Kier molecular flexibility index (Phi) is 4.24. The molecular weight excluding hydrogens is 314 g/mol. The second-order valence-corrected chi connectivity index (χ2v) is 4.76. The van der Waals surface area contributed by atoms with Crippen LogP contribution in [0.1, 0.15) is 11.1 Å². The zero-order chi connectivity index (χ0) is 13.0. The van der Waals surface area contributed by atoms with Crippen molar-refractivity contribution in [2.75, 3.05) is 0 Å². The fourth-order valence-electron chi connectivity index (χ4n) is 1.47. The van der Waals surface area contributed by atoms with E-state index in [1.165, 1.54) is 0 Å². The Balaban J connectivity index is 2.26. The van der Waals surface area contributed by atoms with Crippen LogP contribution >= 0.6 is 27.5 Å². The highest BCUT2D eigenvalue weighted by atomic mass is 79.9. The molecule has 0 spiro atoms. The first-order valence-electron chi connectivity index (χ1n) is 5.25. The Morgan fingerprint density at radius 2 is 2.06 bits per heavy atom. The fourth-order valence-corrected chi connectivity index (χ4v) is 2.14. The Labute approximate surface area is 119 Å². The molecule has 2 nitrogen and oxygen atoms in total. The highest BCUT2D eigenvalue weighted by Gasteiger charge is 2.04. The lowest BCUT2D eigenvalue weighted by molar-refractivity contribution is 0.479. The third kappa shape index (κ3) is 3.04. The number of rotatable bonds is 3. The van der Waals surface area contributed by atoms with Crippen LogP contribution in [-0.4, -0.2) is 0 Å². The lowest BCUT2D eigenvalue weighted by Gasteiger charge is -2.08. The predicted octanol–water partition coefficient (Wildman–Crippen LogP) is 4.85. The quantitative estimate of drug-likeness (QED) is 0.757. The lowest BCUT2D eigenvalue weighted by atomic mass is 10.2. The number of nitriles is 1. The van der Waals surface area contributed by atoms with Gasteiger partial charge in [0.1, 0.15) is 11.5 Å². The zero-order valence-electron chi connectivity index (χ0n) is 9.36. The van der Waals surface area contributed by atoms with Crippen LogP contribution < -0.4 is 4.74 Å². The number of hydrogen-bond acceptors (Lipinski definition) is 2. The van der Waals surface area contributed by atoms with Gasteiger partial charge in [0.05, 0.1) is 16.1 Å². The molecule has 90 valence electrons. The Morgan fingerprint density at radius 1 is 1.22 bits per heavy atom. The number of ether oxygens (including phenoxy) is 1. The average Bonchev–Trinajstić information content (AvgIpc) is 2.41. The van der Waals surface area contributed by atoms with Crippen molar-refractivity contribution in [3.05, 3.63) is 58.1 Å². The van der Waals surface area contributed by atoms with Crippen molar-refractivity contribution in [1.82, 2.24) is 0 Å². The molecule has 4 heteroatoms. The molecule has 0 amide bonds. The van der Waals surface area contributed by atoms with Gasteiger partial charge in [0.2, 0.25) is 0 Å². The molecule has 0 radical (unpaired) electrons. The van der Waals surface area contributed by atoms with Gasteiger partial charge in [0.15, 0.2) is 0 Å². The first kappa shape index (κ1) is 12.9. The van der Waals surface area contributed by atoms with Crippen molar-refractivity contribution in [3.63, 3.8) is 0 Å². The van der Waals surface area contributed by atoms with Crippen LogP contribution in [0.3, 0.4) is 0 Å². The summed E-state index contributed by atoms with van der Waals surface area (Å²) in [4.78, 5) is 0. The molecule has 0 aliphatic rings. The number of hydrogen-bond donors (Lipinski definition) is 0. The summed E-state index contributed by atoms with van der Waals surface area (Å²) in [5, 5.41) is 8.82. The topological polar surface area (TPSA) is 33.0 Å². The van der Waals surface area contributed by atoms with Crippen molar-refractivity contribution in [3.8, 4) is 17.6 Å². The Hall–Kier alpha value is -1.50. The van der Waals surface area contributed by atoms with E-state index in [4.69, 9.17) is 21.6 Å². The predicted molar refractivity (Wildman–Crippen MR) is 74.9 cm³/mol. The van der Waals surface area contributed by atoms with E-state index in [0.717, 1.165) is 10.0 Å². The van der Waals surface area contributed by atoms with Crippen LogP contribution in [0.4, 0.5) is 0 Å². The highest BCUT2D eigenvalue weighted by molar-refractivity contribution is 9.10. The van der Waals surface area contributed by atoms with E-state index >= 15 is 0 Å². The number of benzene rings is 2. The molecule has 0 atom stereocenters.